The summed E-state index contributed by atoms with van der Waals surface area (Å²) in [4.78, 5) is 0. The van der Waals surface area contributed by atoms with Crippen LogP contribution in [0.25, 0.3) is 34.4 Å². The molecule has 4 aromatic rings. The van der Waals surface area contributed by atoms with E-state index in [1.54, 1.807) is 22.3 Å². The fourth-order valence-electron chi connectivity index (χ4n) is 7.52. The molecule has 0 saturated carbocycles. The Morgan fingerprint density at radius 2 is 0.735 bits per heavy atom. The van der Waals surface area contributed by atoms with Gasteiger partial charge in [-0.3, -0.25) is 0 Å². The van der Waals surface area contributed by atoms with Crippen molar-refractivity contribution in [3.8, 4) is 22.3 Å². The molecule has 0 saturated heterocycles. The van der Waals surface area contributed by atoms with Gasteiger partial charge < -0.3 is 0 Å². The first-order valence-electron chi connectivity index (χ1n) is 18.3. The first-order chi connectivity index (χ1) is 22.6. The second-order valence-electron chi connectivity index (χ2n) is 19.0. The molecule has 0 heterocycles. The van der Waals surface area contributed by atoms with Crippen LogP contribution >= 0.6 is 0 Å². The van der Waals surface area contributed by atoms with Crippen LogP contribution in [0.1, 0.15) is 149 Å². The van der Waals surface area contributed by atoms with Gasteiger partial charge in [0.05, 0.1) is 0 Å². The molecule has 4 aromatic carbocycles. The third kappa shape index (κ3) is 7.09. The van der Waals surface area contributed by atoms with Gasteiger partial charge in [0.2, 0.25) is 0 Å². The quantitative estimate of drug-likeness (QED) is 0.196. The van der Waals surface area contributed by atoms with E-state index in [0.29, 0.717) is 7.25 Å². The SMILES string of the molecule is CC1=Cc2c(-c3cc(C(C)(C)C)cc(C(C)(C)C)c3)cccc2[CH]1[Zr][CH]1C(C)=Cc2c(-c3cc(C(C)(C)C)cc(C(C)(C)C)c3)cccc21. The number of rotatable bonds is 4. The molecule has 2 aliphatic rings. The molecule has 49 heavy (non-hydrogen) atoms. The summed E-state index contributed by atoms with van der Waals surface area (Å²) in [7, 11) is 0. The van der Waals surface area contributed by atoms with Crippen molar-refractivity contribution in [3.05, 3.63) is 128 Å². The zero-order chi connectivity index (χ0) is 35.8. The van der Waals surface area contributed by atoms with Crippen LogP contribution in [-0.2, 0) is 44.9 Å². The summed E-state index contributed by atoms with van der Waals surface area (Å²) in [5, 5.41) is 0. The van der Waals surface area contributed by atoms with E-state index in [4.69, 9.17) is 0 Å². The van der Waals surface area contributed by atoms with Gasteiger partial charge in [-0.15, -0.1) is 0 Å². The van der Waals surface area contributed by atoms with Crippen LogP contribution in [-0.4, -0.2) is 0 Å². The number of allylic oxidation sites excluding steroid dienone is 2. The van der Waals surface area contributed by atoms with Gasteiger partial charge >= 0.3 is 312 Å². The van der Waals surface area contributed by atoms with E-state index in [1.165, 1.54) is 55.6 Å². The van der Waals surface area contributed by atoms with Gasteiger partial charge in [-0.05, 0) is 0 Å². The van der Waals surface area contributed by atoms with Crippen molar-refractivity contribution in [3.63, 3.8) is 0 Å². The Balaban J connectivity index is 1.39. The van der Waals surface area contributed by atoms with Gasteiger partial charge in [-0.25, -0.2) is 0 Å². The zero-order valence-corrected chi connectivity index (χ0v) is 35.2. The molecule has 0 N–H and O–H groups in total. The Labute approximate surface area is 310 Å². The monoisotopic (exact) mass is 724 g/mol. The Kier molecular flexibility index (Phi) is 9.18. The van der Waals surface area contributed by atoms with Crippen molar-refractivity contribution >= 4 is 12.2 Å². The fourth-order valence-corrected chi connectivity index (χ4v) is 12.2. The molecule has 2 aliphatic carbocycles. The van der Waals surface area contributed by atoms with Gasteiger partial charge in [-0.2, -0.15) is 0 Å². The topological polar surface area (TPSA) is 0 Å². The van der Waals surface area contributed by atoms with E-state index in [9.17, 15) is 0 Å². The summed E-state index contributed by atoms with van der Waals surface area (Å²) in [5.41, 5.74) is 20.7. The van der Waals surface area contributed by atoms with Crippen LogP contribution in [0, 0.1) is 0 Å². The molecule has 0 amide bonds. The van der Waals surface area contributed by atoms with Gasteiger partial charge in [-0.1, -0.05) is 0 Å². The first kappa shape index (κ1) is 36.0. The van der Waals surface area contributed by atoms with E-state index >= 15 is 0 Å². The summed E-state index contributed by atoms with van der Waals surface area (Å²) < 4.78 is 1.15. The van der Waals surface area contributed by atoms with Crippen molar-refractivity contribution in [2.45, 2.75) is 126 Å². The number of benzene rings is 4. The average molecular weight is 726 g/mol. The second-order valence-corrected chi connectivity index (χ2v) is 22.7. The predicted octanol–water partition coefficient (Wildman–Crippen LogP) is 13.9. The molecule has 0 aliphatic heterocycles. The van der Waals surface area contributed by atoms with E-state index in [2.05, 4.69) is 182 Å². The predicted molar refractivity (Wildman–Crippen MR) is 211 cm³/mol. The van der Waals surface area contributed by atoms with Crippen molar-refractivity contribution in [2.75, 3.05) is 0 Å². The molecule has 1 heteroatoms. The Morgan fingerprint density at radius 1 is 0.429 bits per heavy atom. The summed E-state index contributed by atoms with van der Waals surface area (Å²) >= 11 is -0.977. The molecule has 0 aromatic heterocycles. The minimum atomic E-state index is -0.977. The molecule has 6 rings (SSSR count). The molecule has 0 fully saturated rings. The van der Waals surface area contributed by atoms with E-state index < -0.39 is 23.2 Å². The summed E-state index contributed by atoms with van der Waals surface area (Å²) in [6.07, 6.45) is 5.07. The normalized spacial score (nSPS) is 17.8. The third-order valence-corrected chi connectivity index (χ3v) is 16.2. The molecule has 2 atom stereocenters. The summed E-state index contributed by atoms with van der Waals surface area (Å²) in [6, 6.07) is 29.0. The van der Waals surface area contributed by atoms with Gasteiger partial charge in [0, 0.05) is 0 Å². The Hall–Kier alpha value is -2.76. The molecule has 0 spiro atoms. The van der Waals surface area contributed by atoms with E-state index in [-0.39, 0.29) is 21.7 Å². The molecular formula is C48H58Zr. The van der Waals surface area contributed by atoms with Crippen molar-refractivity contribution in [2.24, 2.45) is 0 Å². The molecular weight excluding hydrogens is 668 g/mol. The fraction of sp³-hybridized carbons (Fsp3) is 0.417. The minimum absolute atomic E-state index is 0.0949. The second kappa shape index (κ2) is 12.5. The molecule has 254 valence electrons. The Morgan fingerprint density at radius 3 is 1.02 bits per heavy atom. The van der Waals surface area contributed by atoms with Crippen molar-refractivity contribution in [1.29, 1.82) is 0 Å². The molecule has 0 radical (unpaired) electrons. The van der Waals surface area contributed by atoms with Crippen LogP contribution in [0.2, 0.25) is 0 Å². The van der Waals surface area contributed by atoms with Crippen LogP contribution in [0.4, 0.5) is 0 Å². The van der Waals surface area contributed by atoms with Crippen LogP contribution in [0.15, 0.2) is 83.9 Å². The van der Waals surface area contributed by atoms with Crippen molar-refractivity contribution in [1.82, 2.24) is 0 Å². The summed E-state index contributed by atoms with van der Waals surface area (Å²) in [6.45, 7) is 32.9. The molecule has 0 nitrogen and oxygen atoms in total. The molecule has 0 bridgehead atoms. The van der Waals surface area contributed by atoms with Crippen LogP contribution in [0.5, 0.6) is 0 Å². The van der Waals surface area contributed by atoms with E-state index in [1.807, 2.05) is 0 Å². The maximum atomic E-state index is 2.54. The van der Waals surface area contributed by atoms with Crippen molar-refractivity contribution < 1.29 is 23.2 Å². The maximum absolute atomic E-state index is 2.54. The standard InChI is InChI=1S/2C24H29.Zr/c2*1-16-11-17-9-8-10-21(22(17)12-16)18-13-19(23(2,3)4)15-20(14-18)24(5,6)7;/h2*8-15H,1-7H3;. The first-order valence-corrected chi connectivity index (χ1v) is 21.2. The number of hydrogen-bond acceptors (Lipinski definition) is 0. The third-order valence-electron chi connectivity index (χ3n) is 10.8. The van der Waals surface area contributed by atoms with Gasteiger partial charge in [0.15, 0.2) is 0 Å². The van der Waals surface area contributed by atoms with Crippen LogP contribution < -0.4 is 0 Å². The van der Waals surface area contributed by atoms with E-state index in [0.717, 1.165) is 0 Å². The van der Waals surface area contributed by atoms with Gasteiger partial charge in [0.1, 0.15) is 0 Å². The zero-order valence-electron chi connectivity index (χ0n) is 32.7. The van der Waals surface area contributed by atoms with Gasteiger partial charge in [0.25, 0.3) is 0 Å². The average Bonchev–Trinajstić information content (AvgIpc) is 3.49. The van der Waals surface area contributed by atoms with Crippen LogP contribution in [0.3, 0.4) is 0 Å². The Bertz CT molecular complexity index is 1780. The number of fused-ring (bicyclic) bond motifs is 2. The molecule has 2 unspecified atom stereocenters. The number of hydrogen-bond donors (Lipinski definition) is 0. The summed E-state index contributed by atoms with van der Waals surface area (Å²) in [5.74, 6) is 0.